The fraction of sp³-hybridized carbons (Fsp3) is 0.0435. The van der Waals surface area contributed by atoms with Crippen LogP contribution in [0.1, 0.15) is 5.56 Å². The molecule has 0 unspecified atom stereocenters. The van der Waals surface area contributed by atoms with E-state index in [0.29, 0.717) is 10.9 Å². The van der Waals surface area contributed by atoms with E-state index in [-0.39, 0.29) is 5.82 Å². The van der Waals surface area contributed by atoms with Gasteiger partial charge in [0.1, 0.15) is 5.82 Å². The van der Waals surface area contributed by atoms with Crippen LogP contribution in [0.25, 0.3) is 22.5 Å². The zero-order valence-electron chi connectivity index (χ0n) is 15.1. The van der Waals surface area contributed by atoms with E-state index in [1.807, 2.05) is 60.7 Å². The minimum Gasteiger partial charge on any atom is -0.222 e. The van der Waals surface area contributed by atoms with Gasteiger partial charge in [-0.3, -0.25) is 0 Å². The van der Waals surface area contributed by atoms with Crippen molar-refractivity contribution in [1.29, 1.82) is 0 Å². The van der Waals surface area contributed by atoms with Gasteiger partial charge in [-0.05, 0) is 48.0 Å². The number of nitrogens with zero attached hydrogens (tertiary/aromatic N) is 2. The first-order valence-electron chi connectivity index (χ1n) is 8.85. The largest absolute Gasteiger partial charge is 0.222 e. The topological polar surface area (TPSA) is 25.8 Å². The highest BCUT2D eigenvalue weighted by Gasteiger charge is 2.10. The summed E-state index contributed by atoms with van der Waals surface area (Å²) in [6.07, 6.45) is 0. The molecule has 0 bridgehead atoms. The summed E-state index contributed by atoms with van der Waals surface area (Å²) in [7, 11) is 0. The maximum atomic E-state index is 13.5. The van der Waals surface area contributed by atoms with Gasteiger partial charge in [-0.2, -0.15) is 0 Å². The lowest BCUT2D eigenvalue weighted by atomic mass is 10.1. The van der Waals surface area contributed by atoms with Crippen molar-refractivity contribution in [3.63, 3.8) is 0 Å². The third-order valence-corrected chi connectivity index (χ3v) is 6.16. The van der Waals surface area contributed by atoms with Crippen molar-refractivity contribution >= 4 is 43.6 Å². The SMILES string of the molecule is Fc1cccc(CSc2nc(-c3ccc(Br)cc3)cc(-c3cccc(Br)c3)n2)c1. The van der Waals surface area contributed by atoms with Crippen LogP contribution in [-0.4, -0.2) is 9.97 Å². The number of thioether (sulfide) groups is 1. The summed E-state index contributed by atoms with van der Waals surface area (Å²) in [5.41, 5.74) is 4.62. The predicted octanol–water partition coefficient (Wildman–Crippen LogP) is 7.77. The third kappa shape index (κ3) is 5.32. The zero-order valence-corrected chi connectivity index (χ0v) is 19.1. The van der Waals surface area contributed by atoms with E-state index in [1.165, 1.54) is 17.8 Å². The van der Waals surface area contributed by atoms with Crippen molar-refractivity contribution in [2.75, 3.05) is 0 Å². The fourth-order valence-electron chi connectivity index (χ4n) is 2.83. The molecule has 0 saturated heterocycles. The molecular formula is C23H15Br2FN2S. The van der Waals surface area contributed by atoms with Crippen molar-refractivity contribution in [1.82, 2.24) is 9.97 Å². The van der Waals surface area contributed by atoms with E-state index in [1.54, 1.807) is 12.1 Å². The summed E-state index contributed by atoms with van der Waals surface area (Å²) < 4.78 is 15.5. The molecule has 4 rings (SSSR count). The van der Waals surface area contributed by atoms with E-state index >= 15 is 0 Å². The first kappa shape index (κ1) is 20.3. The van der Waals surface area contributed by atoms with Crippen LogP contribution in [0.3, 0.4) is 0 Å². The fourth-order valence-corrected chi connectivity index (χ4v) is 4.29. The molecule has 0 N–H and O–H groups in total. The number of halogens is 3. The molecule has 4 aromatic rings. The summed E-state index contributed by atoms with van der Waals surface area (Å²) >= 11 is 8.50. The van der Waals surface area contributed by atoms with Crippen LogP contribution in [0.2, 0.25) is 0 Å². The minimum atomic E-state index is -0.234. The molecular weight excluding hydrogens is 515 g/mol. The average Bonchev–Trinajstić information content (AvgIpc) is 2.73. The van der Waals surface area contributed by atoms with Crippen molar-refractivity contribution in [3.05, 3.63) is 99.2 Å². The van der Waals surface area contributed by atoms with E-state index in [0.717, 1.165) is 37.0 Å². The molecule has 1 heterocycles. The van der Waals surface area contributed by atoms with Crippen molar-refractivity contribution < 1.29 is 4.39 Å². The van der Waals surface area contributed by atoms with Crippen LogP contribution in [-0.2, 0) is 5.75 Å². The van der Waals surface area contributed by atoms with E-state index in [9.17, 15) is 4.39 Å². The molecule has 0 fully saturated rings. The van der Waals surface area contributed by atoms with Crippen LogP contribution in [0.5, 0.6) is 0 Å². The van der Waals surface area contributed by atoms with Crippen molar-refractivity contribution in [2.45, 2.75) is 10.9 Å². The second-order valence-corrected chi connectivity index (χ2v) is 9.13. The molecule has 144 valence electrons. The van der Waals surface area contributed by atoms with E-state index in [4.69, 9.17) is 9.97 Å². The Kier molecular flexibility index (Phi) is 6.43. The highest BCUT2D eigenvalue weighted by molar-refractivity contribution is 9.10. The van der Waals surface area contributed by atoms with Crippen LogP contribution in [0.15, 0.2) is 93.0 Å². The van der Waals surface area contributed by atoms with Gasteiger partial charge in [-0.1, -0.05) is 80.0 Å². The summed E-state index contributed by atoms with van der Waals surface area (Å²) in [6, 6.07) is 24.7. The van der Waals surface area contributed by atoms with Crippen LogP contribution >= 0.6 is 43.6 Å². The molecule has 0 atom stereocenters. The molecule has 2 nitrogen and oxygen atoms in total. The number of hydrogen-bond acceptors (Lipinski definition) is 3. The molecule has 0 aliphatic rings. The van der Waals surface area contributed by atoms with Crippen molar-refractivity contribution in [2.24, 2.45) is 0 Å². The number of aromatic nitrogens is 2. The lowest BCUT2D eigenvalue weighted by Gasteiger charge is -2.09. The van der Waals surface area contributed by atoms with Gasteiger partial charge < -0.3 is 0 Å². The second kappa shape index (κ2) is 9.20. The normalized spacial score (nSPS) is 10.9. The Labute approximate surface area is 189 Å². The molecule has 6 heteroatoms. The number of hydrogen-bond donors (Lipinski definition) is 0. The van der Waals surface area contributed by atoms with Gasteiger partial charge in [-0.25, -0.2) is 14.4 Å². The van der Waals surface area contributed by atoms with E-state index < -0.39 is 0 Å². The quantitative estimate of drug-likeness (QED) is 0.195. The Balaban J connectivity index is 1.72. The van der Waals surface area contributed by atoms with Gasteiger partial charge in [0.15, 0.2) is 5.16 Å². The van der Waals surface area contributed by atoms with Gasteiger partial charge in [0, 0.05) is 25.8 Å². The molecule has 0 spiro atoms. The smallest absolute Gasteiger partial charge is 0.189 e. The Hall–Kier alpha value is -2.02. The number of rotatable bonds is 5. The molecule has 0 amide bonds. The predicted molar refractivity (Wildman–Crippen MR) is 124 cm³/mol. The van der Waals surface area contributed by atoms with Crippen LogP contribution < -0.4 is 0 Å². The molecule has 0 saturated carbocycles. The summed E-state index contributed by atoms with van der Waals surface area (Å²) in [5.74, 6) is 0.363. The maximum Gasteiger partial charge on any atom is 0.189 e. The average molecular weight is 530 g/mol. The zero-order chi connectivity index (χ0) is 20.2. The van der Waals surface area contributed by atoms with Gasteiger partial charge >= 0.3 is 0 Å². The summed E-state index contributed by atoms with van der Waals surface area (Å²) in [6.45, 7) is 0. The van der Waals surface area contributed by atoms with Crippen molar-refractivity contribution in [3.8, 4) is 22.5 Å². The first-order valence-corrected chi connectivity index (χ1v) is 11.4. The second-order valence-electron chi connectivity index (χ2n) is 6.36. The molecule has 1 aromatic heterocycles. The Bertz CT molecular complexity index is 1150. The Morgan fingerprint density at radius 1 is 0.724 bits per heavy atom. The highest BCUT2D eigenvalue weighted by atomic mass is 79.9. The van der Waals surface area contributed by atoms with Gasteiger partial charge in [0.05, 0.1) is 11.4 Å². The first-order chi connectivity index (χ1) is 14.1. The van der Waals surface area contributed by atoms with Crippen LogP contribution in [0, 0.1) is 5.82 Å². The maximum absolute atomic E-state index is 13.5. The monoisotopic (exact) mass is 528 g/mol. The standard InChI is InChI=1S/C23H15Br2FN2S/c24-18-9-7-16(8-10-18)21-13-22(17-4-2-5-19(25)12-17)28-23(27-21)29-14-15-3-1-6-20(26)11-15/h1-13H,14H2. The molecule has 0 aliphatic heterocycles. The third-order valence-electron chi connectivity index (χ3n) is 4.22. The van der Waals surface area contributed by atoms with Crippen LogP contribution in [0.4, 0.5) is 4.39 Å². The Morgan fingerprint density at radius 3 is 2.17 bits per heavy atom. The Morgan fingerprint density at radius 2 is 1.45 bits per heavy atom. The summed E-state index contributed by atoms with van der Waals surface area (Å²) in [4.78, 5) is 9.50. The van der Waals surface area contributed by atoms with Gasteiger partial charge in [0.2, 0.25) is 0 Å². The van der Waals surface area contributed by atoms with E-state index in [2.05, 4.69) is 31.9 Å². The highest BCUT2D eigenvalue weighted by Crippen LogP contribution is 2.30. The lowest BCUT2D eigenvalue weighted by Crippen LogP contribution is -1.95. The molecule has 29 heavy (non-hydrogen) atoms. The minimum absolute atomic E-state index is 0.234. The molecule has 0 radical (unpaired) electrons. The van der Waals surface area contributed by atoms with Gasteiger partial charge in [0.25, 0.3) is 0 Å². The lowest BCUT2D eigenvalue weighted by molar-refractivity contribution is 0.626. The number of benzene rings is 3. The summed E-state index contributed by atoms with van der Waals surface area (Å²) in [5, 5.41) is 0.657. The molecule has 3 aromatic carbocycles. The molecule has 0 aliphatic carbocycles. The van der Waals surface area contributed by atoms with Gasteiger partial charge in [-0.15, -0.1) is 0 Å².